The predicted molar refractivity (Wildman–Crippen MR) is 210 cm³/mol. The minimum absolute atomic E-state index is 1.06. The van der Waals surface area contributed by atoms with E-state index in [1.54, 1.807) is 0 Å². The van der Waals surface area contributed by atoms with Gasteiger partial charge in [-0.25, -0.2) is 0 Å². The van der Waals surface area contributed by atoms with Crippen molar-refractivity contribution in [3.63, 3.8) is 0 Å². The quantitative estimate of drug-likeness (QED) is 0.182. The van der Waals surface area contributed by atoms with Gasteiger partial charge in [0.1, 0.15) is 0 Å². The van der Waals surface area contributed by atoms with Crippen LogP contribution in [0.1, 0.15) is 40.7 Å². The Balaban J connectivity index is 1.24. The van der Waals surface area contributed by atoms with Crippen molar-refractivity contribution < 1.29 is 0 Å². The lowest BCUT2D eigenvalue weighted by Crippen LogP contribution is -2.02. The maximum absolute atomic E-state index is 2.47. The third-order valence-corrected chi connectivity index (χ3v) is 12.0. The molecule has 0 unspecified atom stereocenters. The zero-order valence-electron chi connectivity index (χ0n) is 27.0. The van der Waals surface area contributed by atoms with Crippen LogP contribution < -0.4 is 0 Å². The van der Waals surface area contributed by atoms with Crippen LogP contribution in [0.15, 0.2) is 127 Å². The maximum Gasteiger partial charge on any atom is 0.0434 e. The molecule has 0 amide bonds. The molecule has 1 aromatic heterocycles. The number of benzene rings is 7. The van der Waals surface area contributed by atoms with Gasteiger partial charge in [0.05, 0.1) is 0 Å². The molecule has 0 nitrogen and oxygen atoms in total. The monoisotopic (exact) mass is 630 g/mol. The van der Waals surface area contributed by atoms with E-state index in [0.717, 1.165) is 25.7 Å². The predicted octanol–water partition coefficient (Wildman–Crippen LogP) is 13.6. The van der Waals surface area contributed by atoms with E-state index in [4.69, 9.17) is 0 Å². The molecular formula is C47H34S. The summed E-state index contributed by atoms with van der Waals surface area (Å²) < 4.78 is 2.72. The second-order valence-corrected chi connectivity index (χ2v) is 14.4. The van der Waals surface area contributed by atoms with Crippen molar-refractivity contribution in [3.05, 3.63) is 155 Å². The Bertz CT molecular complexity index is 2660. The molecular weight excluding hydrogens is 597 g/mol. The Kier molecular flexibility index (Phi) is 6.32. The van der Waals surface area contributed by atoms with Crippen molar-refractivity contribution >= 4 is 65.2 Å². The van der Waals surface area contributed by atoms with Gasteiger partial charge in [-0.15, -0.1) is 11.3 Å². The summed E-state index contributed by atoms with van der Waals surface area (Å²) in [4.78, 5) is 0. The highest BCUT2D eigenvalue weighted by molar-refractivity contribution is 7.26. The molecule has 0 fully saturated rings. The Labute approximate surface area is 285 Å². The molecule has 7 aromatic carbocycles. The lowest BCUT2D eigenvalue weighted by Gasteiger charge is -2.24. The standard InChI is InChI=1S/C47H34S/c1-29-32-16-5-7-18-35(32)45(36-19-8-6-17-33(29)36)31-26-27-34-41-24-13-25-42(47(41)48-43(34)28-31)46-39-22-11-9-20-37(39)44(30-14-3-2-4-15-30)38-21-10-12-23-40(38)46/h2-5,7-9,11-16,18-20,22-28H,6,10,17,21H2,1H3. The van der Waals surface area contributed by atoms with Crippen LogP contribution in [0, 0.1) is 6.92 Å². The van der Waals surface area contributed by atoms with E-state index in [1.807, 2.05) is 11.3 Å². The molecule has 10 rings (SSSR count). The van der Waals surface area contributed by atoms with Crippen LogP contribution in [0.5, 0.6) is 0 Å². The van der Waals surface area contributed by atoms with Gasteiger partial charge in [-0.2, -0.15) is 0 Å². The number of allylic oxidation sites excluding steroid dienone is 2. The van der Waals surface area contributed by atoms with Crippen LogP contribution in [0.3, 0.4) is 0 Å². The summed E-state index contributed by atoms with van der Waals surface area (Å²) >= 11 is 1.96. The van der Waals surface area contributed by atoms with Crippen LogP contribution in [-0.2, 0) is 12.8 Å². The summed E-state index contributed by atoms with van der Waals surface area (Å²) in [5.41, 5.74) is 15.3. The number of fused-ring (bicyclic) bond motifs is 7. The number of aryl methyl sites for hydroxylation is 1. The van der Waals surface area contributed by atoms with Gasteiger partial charge in [0.25, 0.3) is 0 Å². The van der Waals surface area contributed by atoms with Crippen molar-refractivity contribution in [2.75, 3.05) is 0 Å². The molecule has 0 aliphatic heterocycles. The molecule has 2 aliphatic carbocycles. The molecule has 1 heteroatoms. The molecule has 228 valence electrons. The normalized spacial score (nSPS) is 13.9. The highest BCUT2D eigenvalue weighted by Crippen LogP contribution is 2.49. The van der Waals surface area contributed by atoms with E-state index in [-0.39, 0.29) is 0 Å². The summed E-state index contributed by atoms with van der Waals surface area (Å²) in [6, 6.07) is 43.2. The van der Waals surface area contributed by atoms with E-state index >= 15 is 0 Å². The van der Waals surface area contributed by atoms with E-state index in [1.165, 1.54) is 103 Å². The zero-order valence-corrected chi connectivity index (χ0v) is 27.8. The van der Waals surface area contributed by atoms with Crippen molar-refractivity contribution in [2.45, 2.75) is 32.6 Å². The first-order valence-electron chi connectivity index (χ1n) is 17.2. The summed E-state index contributed by atoms with van der Waals surface area (Å²) in [7, 11) is 0. The van der Waals surface area contributed by atoms with Crippen LogP contribution in [0.4, 0.5) is 0 Å². The molecule has 0 N–H and O–H groups in total. The summed E-state index contributed by atoms with van der Waals surface area (Å²) in [5.74, 6) is 0. The summed E-state index contributed by atoms with van der Waals surface area (Å²) in [5, 5.41) is 8.10. The Hall–Kier alpha value is -5.24. The Morgan fingerprint density at radius 3 is 1.88 bits per heavy atom. The lowest BCUT2D eigenvalue weighted by molar-refractivity contribution is 0.976. The summed E-state index contributed by atoms with van der Waals surface area (Å²) in [6.07, 6.45) is 13.9. The fourth-order valence-electron chi connectivity index (χ4n) is 8.69. The molecule has 0 radical (unpaired) electrons. The highest BCUT2D eigenvalue weighted by atomic mass is 32.1. The van der Waals surface area contributed by atoms with Crippen LogP contribution in [-0.4, -0.2) is 0 Å². The zero-order chi connectivity index (χ0) is 31.8. The number of rotatable bonds is 3. The van der Waals surface area contributed by atoms with Gasteiger partial charge in [0, 0.05) is 25.7 Å². The van der Waals surface area contributed by atoms with Gasteiger partial charge in [-0.3, -0.25) is 0 Å². The molecule has 8 aromatic rings. The minimum atomic E-state index is 1.06. The van der Waals surface area contributed by atoms with Crippen LogP contribution >= 0.6 is 11.3 Å². The summed E-state index contributed by atoms with van der Waals surface area (Å²) in [6.45, 7) is 2.31. The first-order valence-corrected chi connectivity index (χ1v) is 18.0. The minimum Gasteiger partial charge on any atom is -0.135 e. The number of thiophene rings is 1. The van der Waals surface area contributed by atoms with Gasteiger partial charge < -0.3 is 0 Å². The van der Waals surface area contributed by atoms with Crippen molar-refractivity contribution in [3.8, 4) is 33.4 Å². The van der Waals surface area contributed by atoms with Gasteiger partial charge >= 0.3 is 0 Å². The molecule has 0 atom stereocenters. The van der Waals surface area contributed by atoms with Crippen molar-refractivity contribution in [2.24, 2.45) is 0 Å². The fraction of sp³-hybridized carbons (Fsp3) is 0.106. The first-order chi connectivity index (χ1) is 23.8. The van der Waals surface area contributed by atoms with E-state index in [0.29, 0.717) is 0 Å². The van der Waals surface area contributed by atoms with Gasteiger partial charge in [0.2, 0.25) is 0 Å². The molecule has 0 saturated heterocycles. The average Bonchev–Trinajstić information content (AvgIpc) is 3.53. The van der Waals surface area contributed by atoms with Crippen molar-refractivity contribution in [1.29, 1.82) is 0 Å². The fourth-order valence-corrected chi connectivity index (χ4v) is 9.96. The van der Waals surface area contributed by atoms with Gasteiger partial charge in [-0.05, 0) is 116 Å². The molecule has 0 bridgehead atoms. The lowest BCUT2D eigenvalue weighted by atomic mass is 9.80. The third-order valence-electron chi connectivity index (χ3n) is 10.8. The largest absolute Gasteiger partial charge is 0.135 e. The highest BCUT2D eigenvalue weighted by Gasteiger charge is 2.24. The van der Waals surface area contributed by atoms with Gasteiger partial charge in [0.15, 0.2) is 0 Å². The molecule has 48 heavy (non-hydrogen) atoms. The smallest absolute Gasteiger partial charge is 0.0434 e. The second-order valence-electron chi connectivity index (χ2n) is 13.4. The van der Waals surface area contributed by atoms with E-state index in [2.05, 4.69) is 146 Å². The molecule has 2 aliphatic rings. The van der Waals surface area contributed by atoms with Crippen molar-refractivity contribution in [1.82, 2.24) is 0 Å². The Morgan fingerprint density at radius 2 is 1.10 bits per heavy atom. The van der Waals surface area contributed by atoms with Crippen LogP contribution in [0.25, 0.3) is 87.2 Å². The molecule has 0 saturated carbocycles. The topological polar surface area (TPSA) is 0 Å². The first kappa shape index (κ1) is 27.8. The molecule has 1 heterocycles. The number of hydrogen-bond donors (Lipinski definition) is 0. The van der Waals surface area contributed by atoms with E-state index < -0.39 is 0 Å². The second kappa shape index (κ2) is 10.9. The van der Waals surface area contributed by atoms with Crippen LogP contribution in [0.2, 0.25) is 0 Å². The average molecular weight is 631 g/mol. The SMILES string of the molecule is Cc1c2c(c(-c3ccc4c(c3)sc3c(-c5c6c(c(-c7ccccc7)c7ccccc57)CCC=C6)cccc34)c3ccccc13)C=CCC2. The van der Waals surface area contributed by atoms with Gasteiger partial charge in [-0.1, -0.05) is 133 Å². The maximum atomic E-state index is 2.47. The number of hydrogen-bond acceptors (Lipinski definition) is 1. The molecule has 0 spiro atoms. The third kappa shape index (κ3) is 4.07. The Morgan fingerprint density at radius 1 is 0.479 bits per heavy atom. The van der Waals surface area contributed by atoms with E-state index in [9.17, 15) is 0 Å².